The van der Waals surface area contributed by atoms with Gasteiger partial charge < -0.3 is 19.5 Å². The maximum atomic E-state index is 12.1. The summed E-state index contributed by atoms with van der Waals surface area (Å²) < 4.78 is 10.7. The average Bonchev–Trinajstić information content (AvgIpc) is 3.12. The molecule has 0 radical (unpaired) electrons. The third-order valence-electron chi connectivity index (χ3n) is 5.80. The predicted octanol–water partition coefficient (Wildman–Crippen LogP) is 4.72. The number of hydrogen-bond acceptors (Lipinski definition) is 6. The lowest BCUT2D eigenvalue weighted by Gasteiger charge is -2.34. The summed E-state index contributed by atoms with van der Waals surface area (Å²) in [5, 5.41) is 10.9. The molecule has 3 aliphatic rings. The van der Waals surface area contributed by atoms with Crippen LogP contribution in [0.25, 0.3) is 16.6 Å². The average molecular weight is 423 g/mol. The van der Waals surface area contributed by atoms with Crippen molar-refractivity contribution in [3.05, 3.63) is 64.5 Å². The molecule has 1 N–H and O–H groups in total. The molecule has 0 amide bonds. The first kappa shape index (κ1) is 22.6. The summed E-state index contributed by atoms with van der Waals surface area (Å²) in [6.07, 6.45) is 2.07. The molecule has 1 unspecified atom stereocenters. The molecule has 0 fully saturated rings. The highest BCUT2D eigenvalue weighted by Crippen LogP contribution is 2.45. The molecule has 1 aromatic carbocycles. The smallest absolute Gasteiger partial charge is 0.340 e. The molecule has 1 atom stereocenters. The molecular weight excluding hydrogens is 392 g/mol. The first-order valence-corrected chi connectivity index (χ1v) is 10.3. The Morgan fingerprint density at radius 1 is 1.35 bits per heavy atom. The molecule has 164 valence electrons. The maximum absolute atomic E-state index is 12.1. The Balaban J connectivity index is 0.000000883. The third-order valence-corrected chi connectivity index (χ3v) is 5.80. The van der Waals surface area contributed by atoms with Crippen molar-refractivity contribution >= 4 is 22.6 Å². The fourth-order valence-corrected chi connectivity index (χ4v) is 4.43. The van der Waals surface area contributed by atoms with Gasteiger partial charge in [0.15, 0.2) is 6.10 Å². The molecule has 0 aliphatic carbocycles. The Hall–Kier alpha value is -3.12. The van der Waals surface area contributed by atoms with Gasteiger partial charge in [-0.15, -0.1) is 0 Å². The summed E-state index contributed by atoms with van der Waals surface area (Å²) in [6.45, 7) is 11.2. The highest BCUT2D eigenvalue weighted by Gasteiger charge is 2.40. The van der Waals surface area contributed by atoms with Crippen molar-refractivity contribution in [3.8, 4) is 5.75 Å². The summed E-state index contributed by atoms with van der Waals surface area (Å²) in [5.74, 6) is -0.146. The molecule has 0 saturated carbocycles. The SMILES string of the molecule is C.C=C1C2=C(C=C3c4nc5ccc(O)cc5c(CC)c4CN13)C(OC)C(=O)OC2.CC. The van der Waals surface area contributed by atoms with E-state index in [1.807, 2.05) is 26.0 Å². The molecule has 31 heavy (non-hydrogen) atoms. The summed E-state index contributed by atoms with van der Waals surface area (Å²) in [6, 6.07) is 5.27. The number of pyridine rings is 1. The van der Waals surface area contributed by atoms with Crippen molar-refractivity contribution < 1.29 is 19.4 Å². The highest BCUT2D eigenvalue weighted by atomic mass is 16.6. The zero-order chi connectivity index (χ0) is 21.6. The van der Waals surface area contributed by atoms with Gasteiger partial charge in [0.1, 0.15) is 12.4 Å². The van der Waals surface area contributed by atoms with Crippen molar-refractivity contribution in [1.82, 2.24) is 9.88 Å². The van der Waals surface area contributed by atoms with Crippen molar-refractivity contribution in [2.45, 2.75) is 47.3 Å². The van der Waals surface area contributed by atoms with E-state index in [1.54, 1.807) is 12.1 Å². The fraction of sp³-hybridized carbons (Fsp3) is 0.360. The van der Waals surface area contributed by atoms with Gasteiger partial charge in [-0.25, -0.2) is 9.78 Å². The van der Waals surface area contributed by atoms with Crippen LogP contribution in [0.3, 0.4) is 0 Å². The summed E-state index contributed by atoms with van der Waals surface area (Å²) in [4.78, 5) is 19.2. The van der Waals surface area contributed by atoms with Gasteiger partial charge in [-0.2, -0.15) is 0 Å². The van der Waals surface area contributed by atoms with Crippen LogP contribution in [0, 0.1) is 0 Å². The number of aromatic hydroxyl groups is 1. The molecule has 4 heterocycles. The van der Waals surface area contributed by atoms with E-state index in [4.69, 9.17) is 14.5 Å². The number of carbonyl (C=O) groups excluding carboxylic acids is 1. The minimum Gasteiger partial charge on any atom is -0.508 e. The van der Waals surface area contributed by atoms with Crippen LogP contribution in [-0.2, 0) is 27.2 Å². The maximum Gasteiger partial charge on any atom is 0.340 e. The van der Waals surface area contributed by atoms with Gasteiger partial charge in [0, 0.05) is 34.9 Å². The van der Waals surface area contributed by atoms with E-state index in [0.29, 0.717) is 6.54 Å². The van der Waals surface area contributed by atoms with Crippen LogP contribution in [0.1, 0.15) is 45.0 Å². The van der Waals surface area contributed by atoms with Gasteiger partial charge in [-0.3, -0.25) is 0 Å². The van der Waals surface area contributed by atoms with Crippen molar-refractivity contribution in [2.24, 2.45) is 0 Å². The monoisotopic (exact) mass is 422 g/mol. The van der Waals surface area contributed by atoms with E-state index in [0.717, 1.165) is 51.1 Å². The summed E-state index contributed by atoms with van der Waals surface area (Å²) >= 11 is 0. The lowest BCUT2D eigenvalue weighted by molar-refractivity contribution is -0.153. The van der Waals surface area contributed by atoms with E-state index in [-0.39, 0.29) is 25.8 Å². The largest absolute Gasteiger partial charge is 0.508 e. The van der Waals surface area contributed by atoms with Crippen molar-refractivity contribution in [2.75, 3.05) is 13.7 Å². The Bertz CT molecular complexity index is 1130. The predicted molar refractivity (Wildman–Crippen MR) is 122 cm³/mol. The number of fused-ring (bicyclic) bond motifs is 4. The second-order valence-corrected chi connectivity index (χ2v) is 7.19. The number of hydrogen-bond donors (Lipinski definition) is 1. The fourth-order valence-electron chi connectivity index (χ4n) is 4.43. The third kappa shape index (κ3) is 3.31. The van der Waals surface area contributed by atoms with Crippen LogP contribution in [0.15, 0.2) is 47.7 Å². The van der Waals surface area contributed by atoms with Crippen LogP contribution in [0.2, 0.25) is 0 Å². The molecule has 0 spiro atoms. The lowest BCUT2D eigenvalue weighted by atomic mass is 9.93. The van der Waals surface area contributed by atoms with E-state index in [2.05, 4.69) is 18.4 Å². The number of cyclic esters (lactones) is 1. The van der Waals surface area contributed by atoms with Crippen molar-refractivity contribution in [3.63, 3.8) is 0 Å². The number of aryl methyl sites for hydroxylation is 1. The van der Waals surface area contributed by atoms with Gasteiger partial charge >= 0.3 is 5.97 Å². The van der Waals surface area contributed by atoms with E-state index in [1.165, 1.54) is 12.7 Å². The summed E-state index contributed by atoms with van der Waals surface area (Å²) in [5.41, 5.74) is 7.48. The van der Waals surface area contributed by atoms with Gasteiger partial charge in [0.05, 0.1) is 23.5 Å². The van der Waals surface area contributed by atoms with Crippen molar-refractivity contribution in [1.29, 1.82) is 0 Å². The number of benzene rings is 1. The molecule has 3 aliphatic heterocycles. The lowest BCUT2D eigenvalue weighted by Crippen LogP contribution is -2.37. The minimum absolute atomic E-state index is 0. The molecule has 0 bridgehead atoms. The Morgan fingerprint density at radius 3 is 2.77 bits per heavy atom. The van der Waals surface area contributed by atoms with Crippen LogP contribution < -0.4 is 0 Å². The van der Waals surface area contributed by atoms with Gasteiger partial charge in [-0.05, 0) is 36.3 Å². The molecule has 6 heteroatoms. The molecule has 6 nitrogen and oxygen atoms in total. The number of phenolic OH excluding ortho intramolecular Hbond substituents is 1. The number of carbonyl (C=O) groups is 1. The first-order valence-electron chi connectivity index (χ1n) is 10.3. The van der Waals surface area contributed by atoms with Gasteiger partial charge in [-0.1, -0.05) is 34.8 Å². The Kier molecular flexibility index (Phi) is 6.23. The van der Waals surface area contributed by atoms with Crippen LogP contribution in [-0.4, -0.2) is 40.8 Å². The number of methoxy groups -OCH3 is 1. The van der Waals surface area contributed by atoms with E-state index in [9.17, 15) is 9.90 Å². The van der Waals surface area contributed by atoms with Crippen LogP contribution in [0.4, 0.5) is 0 Å². The molecular formula is C25H30N2O4. The second-order valence-electron chi connectivity index (χ2n) is 7.19. The quantitative estimate of drug-likeness (QED) is 0.706. The minimum atomic E-state index is -0.748. The topological polar surface area (TPSA) is 71.9 Å². The number of ether oxygens (including phenoxy) is 2. The Morgan fingerprint density at radius 2 is 2.10 bits per heavy atom. The molecule has 5 rings (SSSR count). The van der Waals surface area contributed by atoms with Crippen LogP contribution in [0.5, 0.6) is 5.75 Å². The molecule has 0 saturated heterocycles. The van der Waals surface area contributed by atoms with E-state index < -0.39 is 6.10 Å². The van der Waals surface area contributed by atoms with Gasteiger partial charge in [0.2, 0.25) is 0 Å². The highest BCUT2D eigenvalue weighted by molar-refractivity contribution is 5.91. The normalized spacial score (nSPS) is 18.9. The second kappa shape index (κ2) is 8.55. The van der Waals surface area contributed by atoms with Crippen LogP contribution >= 0.6 is 0 Å². The molecule has 1 aromatic heterocycles. The number of rotatable bonds is 2. The zero-order valence-electron chi connectivity index (χ0n) is 17.8. The Labute approximate surface area is 183 Å². The standard InChI is InChI=1S/C22H20N2O4.C2H6.CH4/c1-4-13-14-7-12(25)5-6-18(14)23-20-16(13)9-24-11(2)17-10-28-22(26)21(27-3)15(17)8-19(20)24;1-2;/h5-8,21,25H,2,4,9-10H2,1,3H3;1-2H3;1H4. The van der Waals surface area contributed by atoms with Gasteiger partial charge in [0.25, 0.3) is 0 Å². The van der Waals surface area contributed by atoms with E-state index >= 15 is 0 Å². The summed E-state index contributed by atoms with van der Waals surface area (Å²) in [7, 11) is 1.51. The molecule has 2 aromatic rings. The zero-order valence-corrected chi connectivity index (χ0v) is 17.8. The first-order chi connectivity index (χ1) is 14.5. The number of esters is 1. The number of nitrogens with zero attached hydrogens (tertiary/aromatic N) is 2. The number of aromatic nitrogens is 1. The number of phenols is 1.